The van der Waals surface area contributed by atoms with Crippen molar-refractivity contribution >= 4 is 5.91 Å². The summed E-state index contributed by atoms with van der Waals surface area (Å²) in [6, 6.07) is 0.0632. The van der Waals surface area contributed by atoms with E-state index in [9.17, 15) is 4.79 Å². The minimum Gasteiger partial charge on any atom is -0.436 e. The van der Waals surface area contributed by atoms with Gasteiger partial charge >= 0.3 is 0 Å². The highest BCUT2D eigenvalue weighted by Gasteiger charge is 2.32. The van der Waals surface area contributed by atoms with Crippen molar-refractivity contribution in [2.45, 2.75) is 26.8 Å². The molecule has 88 valence electrons. The van der Waals surface area contributed by atoms with Crippen molar-refractivity contribution < 1.29 is 9.21 Å². The van der Waals surface area contributed by atoms with E-state index in [1.165, 1.54) is 0 Å². The summed E-state index contributed by atoms with van der Waals surface area (Å²) < 4.78 is 5.32. The van der Waals surface area contributed by atoms with E-state index >= 15 is 0 Å². The Morgan fingerprint density at radius 2 is 2.19 bits per heavy atom. The van der Waals surface area contributed by atoms with Crippen LogP contribution in [-0.4, -0.2) is 34.9 Å². The molecular weight excluding hydrogens is 206 g/mol. The number of likely N-dealkylation sites (tertiary alicyclic amines) is 1. The van der Waals surface area contributed by atoms with Crippen LogP contribution in [0.5, 0.6) is 0 Å². The highest BCUT2D eigenvalue weighted by molar-refractivity contribution is 5.92. The molecular formula is C11H17N3O2. The van der Waals surface area contributed by atoms with Gasteiger partial charge in [-0.15, -0.1) is 0 Å². The molecule has 1 aliphatic rings. The van der Waals surface area contributed by atoms with Crippen molar-refractivity contribution in [3.63, 3.8) is 0 Å². The molecule has 2 rings (SSSR count). The minimum atomic E-state index is -0.0992. The van der Waals surface area contributed by atoms with Gasteiger partial charge in [-0.25, -0.2) is 4.98 Å². The maximum absolute atomic E-state index is 12.1. The second-order valence-corrected chi connectivity index (χ2v) is 4.50. The van der Waals surface area contributed by atoms with Gasteiger partial charge in [-0.2, -0.15) is 0 Å². The molecule has 2 N–H and O–H groups in total. The van der Waals surface area contributed by atoms with E-state index < -0.39 is 0 Å². The van der Waals surface area contributed by atoms with Gasteiger partial charge < -0.3 is 15.1 Å². The van der Waals surface area contributed by atoms with Gasteiger partial charge in [-0.1, -0.05) is 6.92 Å². The Kier molecular flexibility index (Phi) is 2.71. The van der Waals surface area contributed by atoms with Crippen LogP contribution in [0.25, 0.3) is 0 Å². The largest absolute Gasteiger partial charge is 0.436 e. The lowest BCUT2D eigenvalue weighted by molar-refractivity contribution is 0.0753. The van der Waals surface area contributed by atoms with Gasteiger partial charge in [0.15, 0.2) is 5.89 Å². The average Bonchev–Trinajstić information content (AvgIpc) is 2.70. The predicted molar refractivity (Wildman–Crippen MR) is 59.0 cm³/mol. The fourth-order valence-electron chi connectivity index (χ4n) is 2.03. The molecule has 0 aliphatic carbocycles. The Balaban J connectivity index is 2.17. The summed E-state index contributed by atoms with van der Waals surface area (Å²) in [4.78, 5) is 17.9. The molecule has 2 atom stereocenters. The number of hydrogen-bond acceptors (Lipinski definition) is 4. The number of oxazole rings is 1. The Hall–Kier alpha value is -1.36. The number of nitrogens with two attached hydrogens (primary N) is 1. The van der Waals surface area contributed by atoms with Crippen molar-refractivity contribution in [1.29, 1.82) is 0 Å². The normalized spacial score (nSPS) is 25.1. The van der Waals surface area contributed by atoms with Gasteiger partial charge in [0.1, 0.15) is 0 Å². The second kappa shape index (κ2) is 3.90. The SMILES string of the molecule is Cc1nc(C)c(C(=O)N2CC(C)C(N)C2)o1. The third-order valence-corrected chi connectivity index (χ3v) is 3.06. The van der Waals surface area contributed by atoms with E-state index in [1.54, 1.807) is 18.7 Å². The van der Waals surface area contributed by atoms with Crippen LogP contribution >= 0.6 is 0 Å². The Morgan fingerprint density at radius 1 is 1.50 bits per heavy atom. The van der Waals surface area contributed by atoms with E-state index in [0.29, 0.717) is 36.4 Å². The molecule has 0 aromatic carbocycles. The van der Waals surface area contributed by atoms with Gasteiger partial charge in [-0.3, -0.25) is 4.79 Å². The van der Waals surface area contributed by atoms with Gasteiger partial charge in [0.25, 0.3) is 5.91 Å². The summed E-state index contributed by atoms with van der Waals surface area (Å²) in [5, 5.41) is 0. The van der Waals surface area contributed by atoms with Gasteiger partial charge in [-0.05, 0) is 12.8 Å². The molecule has 0 bridgehead atoms. The zero-order valence-electron chi connectivity index (χ0n) is 9.86. The molecule has 2 unspecified atom stereocenters. The fraction of sp³-hybridized carbons (Fsp3) is 0.636. The topological polar surface area (TPSA) is 72.4 Å². The highest BCUT2D eigenvalue weighted by atomic mass is 16.4. The number of carbonyl (C=O) groups is 1. The third kappa shape index (κ3) is 1.82. The van der Waals surface area contributed by atoms with E-state index in [2.05, 4.69) is 11.9 Å². The quantitative estimate of drug-likeness (QED) is 0.761. The van der Waals surface area contributed by atoms with E-state index in [-0.39, 0.29) is 11.9 Å². The molecule has 16 heavy (non-hydrogen) atoms. The fourth-order valence-corrected chi connectivity index (χ4v) is 2.03. The first-order valence-electron chi connectivity index (χ1n) is 5.48. The average molecular weight is 223 g/mol. The molecule has 1 amide bonds. The smallest absolute Gasteiger partial charge is 0.291 e. The lowest BCUT2D eigenvalue weighted by atomic mass is 10.1. The number of carbonyl (C=O) groups excluding carboxylic acids is 1. The number of aromatic nitrogens is 1. The summed E-state index contributed by atoms with van der Waals surface area (Å²) >= 11 is 0. The van der Waals surface area contributed by atoms with Crippen molar-refractivity contribution in [1.82, 2.24) is 9.88 Å². The Labute approximate surface area is 94.6 Å². The summed E-state index contributed by atoms with van der Waals surface area (Å²) in [6.45, 7) is 6.86. The van der Waals surface area contributed by atoms with Crippen molar-refractivity contribution in [3.05, 3.63) is 17.3 Å². The number of nitrogens with zero attached hydrogens (tertiary/aromatic N) is 2. The highest BCUT2D eigenvalue weighted by Crippen LogP contribution is 2.19. The summed E-state index contributed by atoms with van der Waals surface area (Å²) in [5.74, 6) is 1.11. The maximum Gasteiger partial charge on any atom is 0.291 e. The molecule has 1 aromatic heterocycles. The van der Waals surface area contributed by atoms with Crippen LogP contribution in [0.2, 0.25) is 0 Å². The predicted octanol–water partition coefficient (Wildman–Crippen LogP) is 0.711. The molecule has 0 spiro atoms. The number of aryl methyl sites for hydroxylation is 2. The number of hydrogen-bond donors (Lipinski definition) is 1. The second-order valence-electron chi connectivity index (χ2n) is 4.50. The molecule has 1 aromatic rings. The first-order valence-corrected chi connectivity index (χ1v) is 5.48. The summed E-state index contributed by atoms with van der Waals surface area (Å²) in [6.07, 6.45) is 0. The summed E-state index contributed by atoms with van der Waals surface area (Å²) in [7, 11) is 0. The first kappa shape index (κ1) is 11.1. The number of rotatable bonds is 1. The maximum atomic E-state index is 12.1. The zero-order valence-corrected chi connectivity index (χ0v) is 9.86. The molecule has 2 heterocycles. The molecule has 1 fully saturated rings. The van der Waals surface area contributed by atoms with Crippen molar-refractivity contribution in [2.24, 2.45) is 11.7 Å². The van der Waals surface area contributed by atoms with Gasteiger partial charge in [0.2, 0.25) is 5.76 Å². The van der Waals surface area contributed by atoms with E-state index in [0.717, 1.165) is 0 Å². The minimum absolute atomic E-state index is 0.0632. The lowest BCUT2D eigenvalue weighted by Gasteiger charge is -2.13. The van der Waals surface area contributed by atoms with Gasteiger partial charge in [0, 0.05) is 26.1 Å². The first-order chi connectivity index (χ1) is 7.49. The number of amides is 1. The molecule has 1 saturated heterocycles. The molecule has 5 heteroatoms. The van der Waals surface area contributed by atoms with Crippen LogP contribution < -0.4 is 5.73 Å². The molecule has 0 saturated carbocycles. The zero-order chi connectivity index (χ0) is 11.9. The summed E-state index contributed by atoms with van der Waals surface area (Å²) in [5.41, 5.74) is 6.54. The van der Waals surface area contributed by atoms with Crippen molar-refractivity contribution in [2.75, 3.05) is 13.1 Å². The third-order valence-electron chi connectivity index (χ3n) is 3.06. The van der Waals surface area contributed by atoms with Crippen LogP contribution in [0.15, 0.2) is 4.42 Å². The van der Waals surface area contributed by atoms with Crippen LogP contribution in [0.1, 0.15) is 29.1 Å². The van der Waals surface area contributed by atoms with Crippen LogP contribution in [0.4, 0.5) is 0 Å². The van der Waals surface area contributed by atoms with Crippen LogP contribution in [0, 0.1) is 19.8 Å². The Morgan fingerprint density at radius 3 is 2.62 bits per heavy atom. The van der Waals surface area contributed by atoms with E-state index in [1.807, 2.05) is 0 Å². The molecule has 5 nitrogen and oxygen atoms in total. The Bertz CT molecular complexity index is 403. The molecule has 1 aliphatic heterocycles. The van der Waals surface area contributed by atoms with E-state index in [4.69, 9.17) is 10.2 Å². The van der Waals surface area contributed by atoms with Crippen LogP contribution in [-0.2, 0) is 0 Å². The standard InChI is InChI=1S/C11H17N3O2/c1-6-4-14(5-9(6)12)11(15)10-7(2)13-8(3)16-10/h6,9H,4-5,12H2,1-3H3. The van der Waals surface area contributed by atoms with Crippen molar-refractivity contribution in [3.8, 4) is 0 Å². The van der Waals surface area contributed by atoms with Gasteiger partial charge in [0.05, 0.1) is 5.69 Å². The molecule has 0 radical (unpaired) electrons. The van der Waals surface area contributed by atoms with Crippen LogP contribution in [0.3, 0.4) is 0 Å². The lowest BCUT2D eigenvalue weighted by Crippen LogP contribution is -2.32. The monoisotopic (exact) mass is 223 g/mol.